The lowest BCUT2D eigenvalue weighted by Crippen LogP contribution is -2.45. The van der Waals surface area contributed by atoms with Gasteiger partial charge >= 0.3 is 0 Å². The molecule has 0 aliphatic carbocycles. The van der Waals surface area contributed by atoms with Gasteiger partial charge in [-0.15, -0.1) is 0 Å². The normalized spacial score (nSPS) is 18.4. The number of amidine groups is 1. The van der Waals surface area contributed by atoms with Gasteiger partial charge < -0.3 is 14.4 Å². The van der Waals surface area contributed by atoms with Crippen LogP contribution in [-0.4, -0.2) is 60.5 Å². The number of benzene rings is 2. The van der Waals surface area contributed by atoms with Gasteiger partial charge in [0, 0.05) is 13.1 Å². The van der Waals surface area contributed by atoms with Crippen molar-refractivity contribution in [1.82, 2.24) is 4.90 Å². The molecule has 0 radical (unpaired) electrons. The molecule has 172 valence electrons. The summed E-state index contributed by atoms with van der Waals surface area (Å²) >= 11 is 1.34. The van der Waals surface area contributed by atoms with Gasteiger partial charge in [-0.25, -0.2) is 4.99 Å². The molecule has 0 bridgehead atoms. The maximum Gasteiger partial charge on any atom is 0.283 e. The Morgan fingerprint density at radius 1 is 1.15 bits per heavy atom. The van der Waals surface area contributed by atoms with E-state index < -0.39 is 0 Å². The van der Waals surface area contributed by atoms with E-state index in [1.165, 1.54) is 11.8 Å². The molecule has 0 N–H and O–H groups in total. The van der Waals surface area contributed by atoms with Gasteiger partial charge in [0.1, 0.15) is 11.4 Å². The third-order valence-corrected chi connectivity index (χ3v) is 6.78. The molecule has 2 aliphatic rings. The van der Waals surface area contributed by atoms with Crippen molar-refractivity contribution in [3.05, 3.63) is 65.9 Å². The Morgan fingerprint density at radius 3 is 2.48 bits per heavy atom. The van der Waals surface area contributed by atoms with Crippen LogP contribution in [0.4, 0.5) is 5.69 Å². The minimum atomic E-state index is -0.341. The minimum absolute atomic E-state index is 0.0520. The number of carbonyl (C=O) groups is 2. The maximum absolute atomic E-state index is 13.4. The van der Waals surface area contributed by atoms with Crippen molar-refractivity contribution in [2.75, 3.05) is 38.3 Å². The fourth-order valence-electron chi connectivity index (χ4n) is 3.66. The van der Waals surface area contributed by atoms with E-state index >= 15 is 0 Å². The Hall–Kier alpha value is -3.10. The molecular weight excluding hydrogens is 438 g/mol. The predicted octanol–water partition coefficient (Wildman–Crippen LogP) is 3.81. The average Bonchev–Trinajstić information content (AvgIpc) is 3.17. The Kier molecular flexibility index (Phi) is 7.47. The molecule has 2 aromatic carbocycles. The fraction of sp³-hybridized carbons (Fsp3) is 0.320. The third-order valence-electron chi connectivity index (χ3n) is 5.48. The second-order valence-corrected chi connectivity index (χ2v) is 8.80. The smallest absolute Gasteiger partial charge is 0.283 e. The van der Waals surface area contributed by atoms with Gasteiger partial charge in [-0.1, -0.05) is 49.0 Å². The average molecular weight is 466 g/mol. The number of hydrogen-bond acceptors (Lipinski definition) is 6. The van der Waals surface area contributed by atoms with Crippen LogP contribution in [0, 0.1) is 0 Å². The first-order valence-electron chi connectivity index (χ1n) is 11.0. The molecule has 0 unspecified atom stereocenters. The van der Waals surface area contributed by atoms with Gasteiger partial charge in [0.15, 0.2) is 5.17 Å². The van der Waals surface area contributed by atoms with Crippen LogP contribution in [0.25, 0.3) is 6.08 Å². The summed E-state index contributed by atoms with van der Waals surface area (Å²) in [6.45, 7) is 4.25. The second kappa shape index (κ2) is 10.7. The highest BCUT2D eigenvalue weighted by Crippen LogP contribution is 2.33. The summed E-state index contributed by atoms with van der Waals surface area (Å²) in [5, 5.41) is 0.160. The van der Waals surface area contributed by atoms with Crippen molar-refractivity contribution in [1.29, 1.82) is 0 Å². The Bertz CT molecular complexity index is 1050. The van der Waals surface area contributed by atoms with Gasteiger partial charge in [0.05, 0.1) is 31.3 Å². The molecule has 2 amide bonds. The van der Waals surface area contributed by atoms with E-state index in [0.29, 0.717) is 55.0 Å². The van der Waals surface area contributed by atoms with E-state index in [9.17, 15) is 9.59 Å². The van der Waals surface area contributed by atoms with Gasteiger partial charge in [0.25, 0.3) is 5.91 Å². The topological polar surface area (TPSA) is 71.4 Å². The fourth-order valence-corrected chi connectivity index (χ4v) is 4.78. The van der Waals surface area contributed by atoms with E-state index in [1.807, 2.05) is 54.3 Å². The largest absolute Gasteiger partial charge is 0.497 e. The molecular formula is C25H27N3O4S. The lowest BCUT2D eigenvalue weighted by Gasteiger charge is -2.30. The van der Waals surface area contributed by atoms with E-state index in [1.54, 1.807) is 30.2 Å². The summed E-state index contributed by atoms with van der Waals surface area (Å²) < 4.78 is 10.6. The van der Waals surface area contributed by atoms with Crippen LogP contribution in [-0.2, 0) is 14.3 Å². The third kappa shape index (κ3) is 5.29. The first kappa shape index (κ1) is 23.1. The summed E-state index contributed by atoms with van der Waals surface area (Å²) in [5.41, 5.74) is 1.91. The molecule has 2 aliphatic heterocycles. The molecule has 4 rings (SSSR count). The van der Waals surface area contributed by atoms with Crippen molar-refractivity contribution in [2.24, 2.45) is 4.99 Å². The molecule has 0 saturated carbocycles. The lowest BCUT2D eigenvalue weighted by atomic mass is 10.2. The number of amides is 2. The predicted molar refractivity (Wildman–Crippen MR) is 131 cm³/mol. The summed E-state index contributed by atoms with van der Waals surface area (Å²) in [7, 11) is 1.60. The number of methoxy groups -OCH3 is 1. The molecule has 2 aromatic rings. The van der Waals surface area contributed by atoms with Crippen LogP contribution in [0.5, 0.6) is 5.75 Å². The molecule has 1 fully saturated rings. The van der Waals surface area contributed by atoms with Crippen LogP contribution in [0.15, 0.2) is 65.3 Å². The number of hydrogen-bond donors (Lipinski definition) is 0. The van der Waals surface area contributed by atoms with E-state index in [4.69, 9.17) is 9.47 Å². The highest BCUT2D eigenvalue weighted by atomic mass is 32.2. The monoisotopic (exact) mass is 465 g/mol. The number of ether oxygens (including phenoxy) is 2. The summed E-state index contributed by atoms with van der Waals surface area (Å²) in [4.78, 5) is 34.6. The van der Waals surface area contributed by atoms with Gasteiger partial charge in [-0.3, -0.25) is 14.5 Å². The quantitative estimate of drug-likeness (QED) is 0.607. The van der Waals surface area contributed by atoms with Crippen LogP contribution in [0.2, 0.25) is 0 Å². The number of thioether (sulfide) groups is 1. The molecule has 1 saturated heterocycles. The standard InChI is InChI=1S/C25H27N3O4S/c1-3-22(24(30)27-13-15-32-16-14-27)33-25-26-21(17-18-7-5-4-6-8-18)23(29)28(25)19-9-11-20(31-2)12-10-19/h4-12,17,22H,3,13-16H2,1-2H3/b21-17-/t22-/m0/s1. The zero-order valence-corrected chi connectivity index (χ0v) is 19.6. The molecule has 8 heteroatoms. The van der Waals surface area contributed by atoms with E-state index in [0.717, 1.165) is 5.56 Å². The number of carbonyl (C=O) groups excluding carboxylic acids is 2. The number of anilines is 1. The lowest BCUT2D eigenvalue weighted by molar-refractivity contribution is -0.134. The van der Waals surface area contributed by atoms with Crippen molar-refractivity contribution in [3.63, 3.8) is 0 Å². The first-order valence-corrected chi connectivity index (χ1v) is 11.9. The second-order valence-electron chi connectivity index (χ2n) is 7.63. The van der Waals surface area contributed by atoms with Crippen molar-refractivity contribution < 1.29 is 19.1 Å². The summed E-state index contributed by atoms with van der Waals surface area (Å²) in [6, 6.07) is 16.9. The van der Waals surface area contributed by atoms with E-state index in [2.05, 4.69) is 4.99 Å². The highest BCUT2D eigenvalue weighted by molar-refractivity contribution is 8.15. The molecule has 0 aromatic heterocycles. The number of aliphatic imine (C=N–C) groups is 1. The van der Waals surface area contributed by atoms with Gasteiger partial charge in [-0.2, -0.15) is 0 Å². The van der Waals surface area contributed by atoms with Crippen LogP contribution in [0.1, 0.15) is 18.9 Å². The van der Waals surface area contributed by atoms with Gasteiger partial charge in [0.2, 0.25) is 5.91 Å². The number of nitrogens with zero attached hydrogens (tertiary/aromatic N) is 3. The van der Waals surface area contributed by atoms with Crippen molar-refractivity contribution in [2.45, 2.75) is 18.6 Å². The van der Waals surface area contributed by atoms with Crippen LogP contribution < -0.4 is 9.64 Å². The Morgan fingerprint density at radius 2 is 1.85 bits per heavy atom. The minimum Gasteiger partial charge on any atom is -0.497 e. The zero-order chi connectivity index (χ0) is 23.2. The molecule has 1 atom stereocenters. The molecule has 2 heterocycles. The van der Waals surface area contributed by atoms with Gasteiger partial charge in [-0.05, 0) is 42.3 Å². The molecule has 7 nitrogen and oxygen atoms in total. The van der Waals surface area contributed by atoms with Crippen LogP contribution in [0.3, 0.4) is 0 Å². The summed E-state index contributed by atoms with van der Waals surface area (Å²) in [5.74, 6) is 0.529. The van der Waals surface area contributed by atoms with E-state index in [-0.39, 0.29) is 17.1 Å². The zero-order valence-electron chi connectivity index (χ0n) is 18.8. The van der Waals surface area contributed by atoms with Crippen molar-refractivity contribution in [3.8, 4) is 5.75 Å². The number of rotatable bonds is 6. The maximum atomic E-state index is 13.4. The SMILES string of the molecule is CC[C@H](SC1=N/C(=C\c2ccccc2)C(=O)N1c1ccc(OC)cc1)C(=O)N1CCOCC1. The Labute approximate surface area is 198 Å². The number of morpholine rings is 1. The van der Waals surface area contributed by atoms with Crippen LogP contribution >= 0.6 is 11.8 Å². The summed E-state index contributed by atoms with van der Waals surface area (Å²) in [6.07, 6.45) is 2.40. The Balaban J connectivity index is 1.65. The first-order chi connectivity index (χ1) is 16.1. The van der Waals surface area contributed by atoms with Crippen molar-refractivity contribution >= 4 is 40.5 Å². The molecule has 0 spiro atoms. The molecule has 33 heavy (non-hydrogen) atoms. The highest BCUT2D eigenvalue weighted by Gasteiger charge is 2.36.